The number of amides is 1. The molecule has 2 heterocycles. The first-order valence-electron chi connectivity index (χ1n) is 8.81. The Morgan fingerprint density at radius 2 is 2.04 bits per heavy atom. The van der Waals surface area contributed by atoms with Crippen LogP contribution < -0.4 is 4.74 Å². The first-order chi connectivity index (χ1) is 12.2. The van der Waals surface area contributed by atoms with Crippen LogP contribution in [0.3, 0.4) is 0 Å². The smallest absolute Gasteiger partial charge is 0.410 e. The standard InChI is InChI=1S/C19H28N2O5/c1-13-8-14(11-21(10-13)18(23)26-19(2,3)4)17(22)25-12-15-9-20-7-6-16(15)24-5/h6-7,9,13-14H,8,10-12H2,1-5H3/t13-,14+/m0/s1. The van der Waals surface area contributed by atoms with Crippen LogP contribution in [0.5, 0.6) is 5.75 Å². The number of carbonyl (C=O) groups excluding carboxylic acids is 2. The zero-order chi connectivity index (χ0) is 19.3. The molecule has 1 aliphatic heterocycles. The van der Waals surface area contributed by atoms with Gasteiger partial charge in [-0.1, -0.05) is 6.92 Å². The van der Waals surface area contributed by atoms with Crippen LogP contribution in [0.25, 0.3) is 0 Å². The largest absolute Gasteiger partial charge is 0.496 e. The van der Waals surface area contributed by atoms with Crippen LogP contribution in [-0.2, 0) is 20.9 Å². The Balaban J connectivity index is 1.96. The van der Waals surface area contributed by atoms with Gasteiger partial charge in [0.2, 0.25) is 0 Å². The number of aromatic nitrogens is 1. The minimum Gasteiger partial charge on any atom is -0.496 e. The average Bonchev–Trinajstić information content (AvgIpc) is 2.57. The van der Waals surface area contributed by atoms with E-state index in [1.165, 1.54) is 0 Å². The number of hydrogen-bond donors (Lipinski definition) is 0. The first kappa shape index (κ1) is 20.0. The van der Waals surface area contributed by atoms with Crippen LogP contribution in [0.2, 0.25) is 0 Å². The van der Waals surface area contributed by atoms with Crippen LogP contribution in [0.1, 0.15) is 39.7 Å². The normalized spacial score (nSPS) is 20.4. The summed E-state index contributed by atoms with van der Waals surface area (Å²) in [4.78, 5) is 30.4. The van der Waals surface area contributed by atoms with Gasteiger partial charge in [0.05, 0.1) is 13.0 Å². The SMILES string of the molecule is COc1ccncc1COC(=O)[C@@H]1C[C@H](C)CN(C(=O)OC(C)(C)C)C1. The van der Waals surface area contributed by atoms with Gasteiger partial charge in [0, 0.05) is 31.0 Å². The lowest BCUT2D eigenvalue weighted by Crippen LogP contribution is -2.47. The Labute approximate surface area is 154 Å². The van der Waals surface area contributed by atoms with E-state index in [0.29, 0.717) is 30.8 Å². The molecule has 0 bridgehead atoms. The molecule has 0 spiro atoms. The zero-order valence-corrected chi connectivity index (χ0v) is 16.2. The van der Waals surface area contributed by atoms with Crippen molar-refractivity contribution < 1.29 is 23.8 Å². The Morgan fingerprint density at radius 3 is 2.69 bits per heavy atom. The molecule has 1 aromatic rings. The third-order valence-electron chi connectivity index (χ3n) is 4.09. The van der Waals surface area contributed by atoms with Crippen molar-refractivity contribution in [2.24, 2.45) is 11.8 Å². The maximum atomic E-state index is 12.5. The minimum absolute atomic E-state index is 0.0904. The predicted octanol–water partition coefficient (Wildman–Crippen LogP) is 3.03. The van der Waals surface area contributed by atoms with Gasteiger partial charge in [0.25, 0.3) is 0 Å². The number of piperidine rings is 1. The first-order valence-corrected chi connectivity index (χ1v) is 8.81. The summed E-state index contributed by atoms with van der Waals surface area (Å²) in [5.74, 6) is 0.131. The van der Waals surface area contributed by atoms with E-state index in [-0.39, 0.29) is 24.4 Å². The number of likely N-dealkylation sites (tertiary alicyclic amines) is 1. The van der Waals surface area contributed by atoms with Gasteiger partial charge in [0.15, 0.2) is 0 Å². The van der Waals surface area contributed by atoms with Crippen LogP contribution >= 0.6 is 0 Å². The average molecular weight is 364 g/mol. The molecule has 1 saturated heterocycles. The van der Waals surface area contributed by atoms with E-state index in [1.807, 2.05) is 27.7 Å². The Hall–Kier alpha value is -2.31. The van der Waals surface area contributed by atoms with E-state index in [4.69, 9.17) is 14.2 Å². The van der Waals surface area contributed by atoms with Crippen LogP contribution in [0.15, 0.2) is 18.5 Å². The molecule has 7 heteroatoms. The third kappa shape index (κ3) is 5.61. The van der Waals surface area contributed by atoms with Gasteiger partial charge in [-0.15, -0.1) is 0 Å². The molecule has 0 unspecified atom stereocenters. The highest BCUT2D eigenvalue weighted by Gasteiger charge is 2.35. The topological polar surface area (TPSA) is 78.0 Å². The lowest BCUT2D eigenvalue weighted by atomic mass is 9.91. The second-order valence-corrected chi connectivity index (χ2v) is 7.72. The number of esters is 1. The molecule has 0 N–H and O–H groups in total. The van der Waals surface area contributed by atoms with Crippen LogP contribution in [0.4, 0.5) is 4.79 Å². The van der Waals surface area contributed by atoms with Crippen molar-refractivity contribution in [2.75, 3.05) is 20.2 Å². The number of rotatable bonds is 4. The maximum absolute atomic E-state index is 12.5. The summed E-state index contributed by atoms with van der Waals surface area (Å²) in [5, 5.41) is 0. The summed E-state index contributed by atoms with van der Waals surface area (Å²) < 4.78 is 16.1. The van der Waals surface area contributed by atoms with Gasteiger partial charge >= 0.3 is 12.1 Å². The number of nitrogens with zero attached hydrogens (tertiary/aromatic N) is 2. The van der Waals surface area contributed by atoms with E-state index < -0.39 is 11.7 Å². The van der Waals surface area contributed by atoms with Crippen molar-refractivity contribution in [3.05, 3.63) is 24.0 Å². The quantitative estimate of drug-likeness (QED) is 0.764. The lowest BCUT2D eigenvalue weighted by Gasteiger charge is -2.36. The van der Waals surface area contributed by atoms with Crippen molar-refractivity contribution in [3.63, 3.8) is 0 Å². The van der Waals surface area contributed by atoms with Gasteiger partial charge in [-0.3, -0.25) is 9.78 Å². The molecular weight excluding hydrogens is 336 g/mol. The van der Waals surface area contributed by atoms with Crippen molar-refractivity contribution in [1.29, 1.82) is 0 Å². The summed E-state index contributed by atoms with van der Waals surface area (Å²) in [6, 6.07) is 1.72. The molecule has 7 nitrogen and oxygen atoms in total. The molecular formula is C19H28N2O5. The van der Waals surface area contributed by atoms with E-state index in [2.05, 4.69) is 4.98 Å². The molecule has 0 radical (unpaired) electrons. The summed E-state index contributed by atoms with van der Waals surface area (Å²) >= 11 is 0. The number of hydrogen-bond acceptors (Lipinski definition) is 6. The molecule has 0 saturated carbocycles. The fraction of sp³-hybridized carbons (Fsp3) is 0.632. The Bertz CT molecular complexity index is 641. The molecule has 1 aliphatic rings. The van der Waals surface area contributed by atoms with Gasteiger partial charge in [-0.05, 0) is 39.2 Å². The minimum atomic E-state index is -0.565. The van der Waals surface area contributed by atoms with Gasteiger partial charge in [-0.2, -0.15) is 0 Å². The highest BCUT2D eigenvalue weighted by atomic mass is 16.6. The molecule has 1 aromatic heterocycles. The summed E-state index contributed by atoms with van der Waals surface area (Å²) in [7, 11) is 1.56. The molecule has 26 heavy (non-hydrogen) atoms. The van der Waals surface area contributed by atoms with Crippen molar-refractivity contribution in [3.8, 4) is 5.75 Å². The zero-order valence-electron chi connectivity index (χ0n) is 16.2. The maximum Gasteiger partial charge on any atom is 0.410 e. The molecule has 1 fully saturated rings. The number of ether oxygens (including phenoxy) is 3. The van der Waals surface area contributed by atoms with E-state index in [9.17, 15) is 9.59 Å². The Kier molecular flexibility index (Phi) is 6.45. The Morgan fingerprint density at radius 1 is 1.31 bits per heavy atom. The van der Waals surface area contributed by atoms with Crippen LogP contribution in [-0.4, -0.2) is 47.7 Å². The lowest BCUT2D eigenvalue weighted by molar-refractivity contribution is -0.152. The molecule has 1 amide bonds. The van der Waals surface area contributed by atoms with Crippen molar-refractivity contribution in [1.82, 2.24) is 9.88 Å². The molecule has 144 valence electrons. The molecule has 2 rings (SSSR count). The fourth-order valence-electron chi connectivity index (χ4n) is 2.99. The van der Waals surface area contributed by atoms with Gasteiger partial charge in [0.1, 0.15) is 18.0 Å². The van der Waals surface area contributed by atoms with E-state index >= 15 is 0 Å². The molecule has 0 aromatic carbocycles. The summed E-state index contributed by atoms with van der Waals surface area (Å²) in [6.45, 7) is 8.47. The summed E-state index contributed by atoms with van der Waals surface area (Å²) in [6.07, 6.45) is 3.52. The summed E-state index contributed by atoms with van der Waals surface area (Å²) in [5.41, 5.74) is 0.140. The third-order valence-corrected chi connectivity index (χ3v) is 4.09. The van der Waals surface area contributed by atoms with Gasteiger partial charge in [-0.25, -0.2) is 4.79 Å². The van der Waals surface area contributed by atoms with Crippen molar-refractivity contribution in [2.45, 2.75) is 46.3 Å². The second-order valence-electron chi connectivity index (χ2n) is 7.72. The highest BCUT2D eigenvalue weighted by Crippen LogP contribution is 2.25. The highest BCUT2D eigenvalue weighted by molar-refractivity contribution is 5.75. The second kappa shape index (κ2) is 8.38. The van der Waals surface area contributed by atoms with Gasteiger partial charge < -0.3 is 19.1 Å². The molecule has 2 atom stereocenters. The number of pyridine rings is 1. The predicted molar refractivity (Wildman–Crippen MR) is 95.7 cm³/mol. The monoisotopic (exact) mass is 364 g/mol. The number of carbonyl (C=O) groups is 2. The van der Waals surface area contributed by atoms with E-state index in [1.54, 1.807) is 30.5 Å². The fourth-order valence-corrected chi connectivity index (χ4v) is 2.99. The van der Waals surface area contributed by atoms with Crippen LogP contribution in [0, 0.1) is 11.8 Å². The van der Waals surface area contributed by atoms with Crippen molar-refractivity contribution >= 4 is 12.1 Å². The van der Waals surface area contributed by atoms with E-state index in [0.717, 1.165) is 0 Å². The number of methoxy groups -OCH3 is 1. The molecule has 0 aliphatic carbocycles.